The van der Waals surface area contributed by atoms with Gasteiger partial charge in [-0.1, -0.05) is 24.3 Å². The molecule has 0 aromatic heterocycles. The van der Waals surface area contributed by atoms with Gasteiger partial charge in [0, 0.05) is 17.7 Å². The summed E-state index contributed by atoms with van der Waals surface area (Å²) in [6, 6.07) is 14.3. The van der Waals surface area contributed by atoms with Gasteiger partial charge >= 0.3 is 5.97 Å². The first-order valence-corrected chi connectivity index (χ1v) is 9.97. The summed E-state index contributed by atoms with van der Waals surface area (Å²) >= 11 is 0. The Morgan fingerprint density at radius 1 is 1.14 bits per heavy atom. The molecule has 5 nitrogen and oxygen atoms in total. The Bertz CT molecular complexity index is 870. The average molecular weight is 378 g/mol. The van der Waals surface area contributed by atoms with Crippen molar-refractivity contribution in [3.8, 4) is 0 Å². The van der Waals surface area contributed by atoms with Gasteiger partial charge in [-0.05, 0) is 73.2 Å². The highest BCUT2D eigenvalue weighted by atomic mass is 16.5. The number of carbonyl (C=O) groups is 2. The Morgan fingerprint density at radius 2 is 1.89 bits per heavy atom. The number of fused-ring (bicyclic) bond motifs is 1. The van der Waals surface area contributed by atoms with Gasteiger partial charge < -0.3 is 15.0 Å². The number of piperidine rings is 1. The number of carbonyl (C=O) groups excluding carboxylic acids is 2. The molecule has 0 unspecified atom stereocenters. The third kappa shape index (κ3) is 3.80. The average Bonchev–Trinajstić information content (AvgIpc) is 3.09. The van der Waals surface area contributed by atoms with Crippen LogP contribution in [0.5, 0.6) is 0 Å². The fraction of sp³-hybridized carbons (Fsp3) is 0.391. The quantitative estimate of drug-likeness (QED) is 0.810. The largest absolute Gasteiger partial charge is 0.469 e. The number of esters is 1. The van der Waals surface area contributed by atoms with E-state index in [2.05, 4.69) is 28.3 Å². The number of hydrogen-bond donors (Lipinski definition) is 1. The summed E-state index contributed by atoms with van der Waals surface area (Å²) in [5.41, 5.74) is 5.18. The van der Waals surface area contributed by atoms with Gasteiger partial charge in [0.15, 0.2) is 0 Å². The maximum atomic E-state index is 13.0. The number of hydrogen-bond acceptors (Lipinski definition) is 4. The summed E-state index contributed by atoms with van der Waals surface area (Å²) < 4.78 is 4.68. The van der Waals surface area contributed by atoms with Crippen molar-refractivity contribution in [3.05, 3.63) is 64.7 Å². The van der Waals surface area contributed by atoms with Gasteiger partial charge in [0.05, 0.1) is 13.7 Å². The number of nitrogens with one attached hydrogen (secondary N) is 1. The van der Waals surface area contributed by atoms with Gasteiger partial charge in [-0.15, -0.1) is 0 Å². The Kier molecular flexibility index (Phi) is 5.44. The maximum absolute atomic E-state index is 13.0. The number of aryl methyl sites for hydroxylation is 1. The molecule has 2 aromatic rings. The fourth-order valence-corrected chi connectivity index (χ4v) is 4.13. The Hall–Kier alpha value is -2.66. The molecule has 0 saturated carbocycles. The maximum Gasteiger partial charge on any atom is 0.305 e. The lowest BCUT2D eigenvalue weighted by atomic mass is 9.88. The molecule has 0 spiro atoms. The van der Waals surface area contributed by atoms with Crippen LogP contribution in [0, 0.1) is 0 Å². The van der Waals surface area contributed by atoms with E-state index in [0.717, 1.165) is 48.3 Å². The summed E-state index contributed by atoms with van der Waals surface area (Å²) in [4.78, 5) is 26.2. The second kappa shape index (κ2) is 8.15. The Morgan fingerprint density at radius 3 is 2.61 bits per heavy atom. The van der Waals surface area contributed by atoms with Crippen LogP contribution < -0.4 is 10.2 Å². The third-order valence-electron chi connectivity index (χ3n) is 5.84. The van der Waals surface area contributed by atoms with E-state index in [-0.39, 0.29) is 11.9 Å². The number of ether oxygens (including phenoxy) is 1. The summed E-state index contributed by atoms with van der Waals surface area (Å²) in [5.74, 6) is 0.411. The summed E-state index contributed by atoms with van der Waals surface area (Å²) in [6.45, 7) is 2.70. The predicted molar refractivity (Wildman–Crippen MR) is 109 cm³/mol. The van der Waals surface area contributed by atoms with Crippen LogP contribution in [0.15, 0.2) is 42.5 Å². The lowest BCUT2D eigenvalue weighted by Gasteiger charge is -2.23. The van der Waals surface area contributed by atoms with Gasteiger partial charge in [0.2, 0.25) is 0 Å². The first kappa shape index (κ1) is 18.7. The first-order chi connectivity index (χ1) is 13.7. The van der Waals surface area contributed by atoms with Gasteiger partial charge in [0.25, 0.3) is 5.91 Å². The van der Waals surface area contributed by atoms with E-state index in [0.29, 0.717) is 25.3 Å². The van der Waals surface area contributed by atoms with Crippen LogP contribution >= 0.6 is 0 Å². The van der Waals surface area contributed by atoms with Crippen LogP contribution in [0.2, 0.25) is 0 Å². The van der Waals surface area contributed by atoms with Gasteiger partial charge in [-0.25, -0.2) is 0 Å². The number of rotatable bonds is 5. The fourth-order valence-electron chi connectivity index (χ4n) is 4.13. The molecule has 2 aliphatic rings. The normalized spacial score (nSPS) is 16.9. The molecule has 1 amide bonds. The van der Waals surface area contributed by atoms with Crippen molar-refractivity contribution >= 4 is 17.6 Å². The van der Waals surface area contributed by atoms with E-state index in [1.807, 2.05) is 29.2 Å². The van der Waals surface area contributed by atoms with Crippen LogP contribution in [0.1, 0.15) is 52.2 Å². The molecule has 1 fully saturated rings. The minimum absolute atomic E-state index is 0.0769. The smallest absolute Gasteiger partial charge is 0.305 e. The second-order valence-corrected chi connectivity index (χ2v) is 7.57. The molecule has 5 heteroatoms. The minimum Gasteiger partial charge on any atom is -0.469 e. The highest BCUT2D eigenvalue weighted by molar-refractivity contribution is 6.10. The molecular weight excluding hydrogens is 352 g/mol. The zero-order valence-electron chi connectivity index (χ0n) is 16.2. The van der Waals surface area contributed by atoms with Gasteiger partial charge in [0.1, 0.15) is 0 Å². The molecule has 4 rings (SSSR count). The SMILES string of the molecule is COC(=O)CCc1ccc(N2Cc3ccc(C4CCNCC4)cc3C2=O)cc1. The molecule has 2 aliphatic heterocycles. The molecule has 0 aliphatic carbocycles. The van der Waals surface area contributed by atoms with E-state index in [9.17, 15) is 9.59 Å². The van der Waals surface area contributed by atoms with Crippen LogP contribution in [0.3, 0.4) is 0 Å². The molecule has 0 atom stereocenters. The van der Waals surface area contributed by atoms with Crippen LogP contribution in [-0.2, 0) is 22.5 Å². The number of amides is 1. The summed E-state index contributed by atoms with van der Waals surface area (Å²) in [6.07, 6.45) is 3.26. The molecule has 28 heavy (non-hydrogen) atoms. The van der Waals surface area contributed by atoms with E-state index in [1.165, 1.54) is 12.7 Å². The Labute approximate surface area is 165 Å². The number of benzene rings is 2. The topological polar surface area (TPSA) is 58.6 Å². The zero-order chi connectivity index (χ0) is 19.5. The van der Waals surface area contributed by atoms with Crippen molar-refractivity contribution in [2.75, 3.05) is 25.1 Å². The van der Waals surface area contributed by atoms with Crippen LogP contribution in [-0.4, -0.2) is 32.1 Å². The van der Waals surface area contributed by atoms with E-state index in [4.69, 9.17) is 0 Å². The first-order valence-electron chi connectivity index (χ1n) is 9.97. The number of methoxy groups -OCH3 is 1. The van der Waals surface area contributed by atoms with E-state index >= 15 is 0 Å². The molecule has 0 bridgehead atoms. The highest BCUT2D eigenvalue weighted by Gasteiger charge is 2.29. The van der Waals surface area contributed by atoms with Crippen molar-refractivity contribution in [3.63, 3.8) is 0 Å². The van der Waals surface area contributed by atoms with E-state index in [1.54, 1.807) is 0 Å². The number of nitrogens with zero attached hydrogens (tertiary/aromatic N) is 1. The lowest BCUT2D eigenvalue weighted by Crippen LogP contribution is -2.26. The zero-order valence-corrected chi connectivity index (χ0v) is 16.2. The molecule has 1 N–H and O–H groups in total. The molecule has 146 valence electrons. The van der Waals surface area contributed by atoms with Crippen LogP contribution in [0.25, 0.3) is 0 Å². The summed E-state index contributed by atoms with van der Waals surface area (Å²) in [5, 5.41) is 3.40. The molecule has 2 aromatic carbocycles. The molecule has 2 heterocycles. The molecular formula is C23H26N2O3. The van der Waals surface area contributed by atoms with Crippen LogP contribution in [0.4, 0.5) is 5.69 Å². The number of anilines is 1. The van der Waals surface area contributed by atoms with Gasteiger partial charge in [-0.2, -0.15) is 0 Å². The third-order valence-corrected chi connectivity index (χ3v) is 5.84. The van der Waals surface area contributed by atoms with Crippen molar-refractivity contribution in [1.29, 1.82) is 0 Å². The highest BCUT2D eigenvalue weighted by Crippen LogP contribution is 2.33. The summed E-state index contributed by atoms with van der Waals surface area (Å²) in [7, 11) is 1.40. The molecule has 1 saturated heterocycles. The standard InChI is InChI=1S/C23H26N2O3/c1-28-22(26)9-4-16-2-7-20(8-3-16)25-15-19-6-5-18(14-21(19)23(25)27)17-10-12-24-13-11-17/h2-3,5-8,14,17,24H,4,9-13,15H2,1H3. The second-order valence-electron chi connectivity index (χ2n) is 7.57. The lowest BCUT2D eigenvalue weighted by molar-refractivity contribution is -0.140. The Balaban J connectivity index is 1.47. The minimum atomic E-state index is -0.209. The predicted octanol–water partition coefficient (Wildman–Crippen LogP) is 3.42. The van der Waals surface area contributed by atoms with E-state index < -0.39 is 0 Å². The van der Waals surface area contributed by atoms with Crippen molar-refractivity contribution < 1.29 is 14.3 Å². The van der Waals surface area contributed by atoms with Crippen molar-refractivity contribution in [2.45, 2.75) is 38.1 Å². The van der Waals surface area contributed by atoms with Crippen molar-refractivity contribution in [2.24, 2.45) is 0 Å². The molecule has 0 radical (unpaired) electrons. The van der Waals surface area contributed by atoms with Crippen molar-refractivity contribution in [1.82, 2.24) is 5.32 Å². The monoisotopic (exact) mass is 378 g/mol. The van der Waals surface area contributed by atoms with Gasteiger partial charge in [-0.3, -0.25) is 9.59 Å².